The Balaban J connectivity index is 1.97. The zero-order valence-corrected chi connectivity index (χ0v) is 13.3. The first-order chi connectivity index (χ1) is 10.1. The number of benzene rings is 2. The number of carbonyl (C=O) groups is 1. The summed E-state index contributed by atoms with van der Waals surface area (Å²) in [6.07, 6.45) is 1.03. The lowest BCUT2D eigenvalue weighted by molar-refractivity contribution is -0.116. The van der Waals surface area contributed by atoms with Crippen molar-refractivity contribution in [2.75, 3.05) is 18.2 Å². The van der Waals surface area contributed by atoms with E-state index in [1.807, 2.05) is 36.4 Å². The van der Waals surface area contributed by atoms with Gasteiger partial charge in [-0.15, -0.1) is 0 Å². The summed E-state index contributed by atoms with van der Waals surface area (Å²) in [5, 5.41) is 2.86. The van der Waals surface area contributed by atoms with E-state index in [-0.39, 0.29) is 5.91 Å². The molecule has 0 fully saturated rings. The zero-order valence-electron chi connectivity index (χ0n) is 11.7. The molecule has 0 aromatic heterocycles. The van der Waals surface area contributed by atoms with Gasteiger partial charge in [-0.2, -0.15) is 0 Å². The lowest BCUT2D eigenvalue weighted by atomic mass is 10.1. The van der Waals surface area contributed by atoms with E-state index in [0.717, 1.165) is 10.0 Å². The summed E-state index contributed by atoms with van der Waals surface area (Å²) in [6.45, 7) is 0. The first-order valence-corrected chi connectivity index (χ1v) is 7.35. The number of halogens is 1. The monoisotopic (exact) mass is 348 g/mol. The van der Waals surface area contributed by atoms with Gasteiger partial charge in [0.05, 0.1) is 12.8 Å². The summed E-state index contributed by atoms with van der Waals surface area (Å²) in [6, 6.07) is 13.0. The van der Waals surface area contributed by atoms with E-state index in [4.69, 9.17) is 10.5 Å². The Morgan fingerprint density at radius 1 is 1.29 bits per heavy atom. The van der Waals surface area contributed by atoms with Crippen molar-refractivity contribution in [3.05, 3.63) is 52.5 Å². The molecule has 4 nitrogen and oxygen atoms in total. The number of rotatable bonds is 5. The van der Waals surface area contributed by atoms with Gasteiger partial charge in [0.15, 0.2) is 0 Å². The second-order valence-corrected chi connectivity index (χ2v) is 5.55. The molecule has 0 spiro atoms. The normalized spacial score (nSPS) is 10.2. The van der Waals surface area contributed by atoms with Gasteiger partial charge in [-0.05, 0) is 42.3 Å². The Kier molecular flexibility index (Phi) is 5.22. The number of methoxy groups -OCH3 is 1. The molecule has 0 saturated carbocycles. The third-order valence-electron chi connectivity index (χ3n) is 3.03. The van der Waals surface area contributed by atoms with Crippen LogP contribution in [0.5, 0.6) is 5.75 Å². The molecule has 1 amide bonds. The molecule has 0 aliphatic rings. The number of hydrogen-bond acceptors (Lipinski definition) is 3. The largest absolute Gasteiger partial charge is 0.495 e. The van der Waals surface area contributed by atoms with Crippen LogP contribution in [0.25, 0.3) is 0 Å². The number of amides is 1. The van der Waals surface area contributed by atoms with Gasteiger partial charge in [-0.25, -0.2) is 0 Å². The first kappa shape index (κ1) is 15.4. The van der Waals surface area contributed by atoms with Crippen LogP contribution in [0, 0.1) is 0 Å². The van der Waals surface area contributed by atoms with Crippen molar-refractivity contribution in [2.24, 2.45) is 0 Å². The summed E-state index contributed by atoms with van der Waals surface area (Å²) < 4.78 is 6.11. The predicted molar refractivity (Wildman–Crippen MR) is 88.5 cm³/mol. The molecule has 0 unspecified atom stereocenters. The highest BCUT2D eigenvalue weighted by Gasteiger charge is 2.08. The summed E-state index contributed by atoms with van der Waals surface area (Å²) in [4.78, 5) is 12.0. The van der Waals surface area contributed by atoms with Crippen LogP contribution >= 0.6 is 15.9 Å². The Bertz CT molecular complexity index is 644. The van der Waals surface area contributed by atoms with Gasteiger partial charge in [-0.1, -0.05) is 28.1 Å². The van der Waals surface area contributed by atoms with Gasteiger partial charge < -0.3 is 15.8 Å². The van der Waals surface area contributed by atoms with E-state index in [1.54, 1.807) is 13.2 Å². The molecule has 0 radical (unpaired) electrons. The van der Waals surface area contributed by atoms with Gasteiger partial charge in [-0.3, -0.25) is 4.79 Å². The van der Waals surface area contributed by atoms with Crippen LogP contribution < -0.4 is 15.8 Å². The fourth-order valence-electron chi connectivity index (χ4n) is 2.00. The van der Waals surface area contributed by atoms with E-state index in [9.17, 15) is 4.79 Å². The molecular weight excluding hydrogens is 332 g/mol. The SMILES string of the molecule is COc1ccc(Br)cc1NC(=O)CCc1cccc(N)c1. The predicted octanol–water partition coefficient (Wildman–Crippen LogP) is 3.61. The number of aryl methyl sites for hydroxylation is 1. The van der Waals surface area contributed by atoms with E-state index >= 15 is 0 Å². The van der Waals surface area contributed by atoms with Crippen LogP contribution in [0.1, 0.15) is 12.0 Å². The second-order valence-electron chi connectivity index (χ2n) is 4.64. The maximum absolute atomic E-state index is 12.0. The maximum Gasteiger partial charge on any atom is 0.224 e. The van der Waals surface area contributed by atoms with Crippen LogP contribution in [-0.4, -0.2) is 13.0 Å². The Hall–Kier alpha value is -2.01. The number of carbonyl (C=O) groups excluding carboxylic acids is 1. The molecule has 0 saturated heterocycles. The number of nitrogen functional groups attached to an aromatic ring is 1. The van der Waals surface area contributed by atoms with Gasteiger partial charge >= 0.3 is 0 Å². The number of nitrogens with one attached hydrogen (secondary N) is 1. The molecule has 2 rings (SSSR count). The summed E-state index contributed by atoms with van der Waals surface area (Å²) in [5.74, 6) is 0.573. The number of hydrogen-bond donors (Lipinski definition) is 2. The first-order valence-electron chi connectivity index (χ1n) is 6.56. The van der Waals surface area contributed by atoms with Gasteiger partial charge in [0.2, 0.25) is 5.91 Å². The Morgan fingerprint density at radius 2 is 2.10 bits per heavy atom. The lowest BCUT2D eigenvalue weighted by Gasteiger charge is -2.10. The molecule has 3 N–H and O–H groups in total. The van der Waals surface area contributed by atoms with Crippen molar-refractivity contribution in [1.82, 2.24) is 0 Å². The van der Waals surface area contributed by atoms with Gasteiger partial charge in [0, 0.05) is 16.6 Å². The molecule has 110 valence electrons. The van der Waals surface area contributed by atoms with E-state index in [0.29, 0.717) is 30.0 Å². The summed E-state index contributed by atoms with van der Waals surface area (Å²) in [7, 11) is 1.58. The van der Waals surface area contributed by atoms with Crippen molar-refractivity contribution in [2.45, 2.75) is 12.8 Å². The lowest BCUT2D eigenvalue weighted by Crippen LogP contribution is -2.13. The third-order valence-corrected chi connectivity index (χ3v) is 3.52. The molecule has 5 heteroatoms. The molecule has 2 aromatic rings. The van der Waals surface area contributed by atoms with E-state index < -0.39 is 0 Å². The molecule has 21 heavy (non-hydrogen) atoms. The number of ether oxygens (including phenoxy) is 1. The van der Waals surface area contributed by atoms with E-state index in [2.05, 4.69) is 21.2 Å². The molecule has 0 atom stereocenters. The highest BCUT2D eigenvalue weighted by molar-refractivity contribution is 9.10. The minimum Gasteiger partial charge on any atom is -0.495 e. The second kappa shape index (κ2) is 7.13. The molecule has 0 aliphatic heterocycles. The van der Waals surface area contributed by atoms with Crippen LogP contribution in [0.3, 0.4) is 0 Å². The number of anilines is 2. The van der Waals surface area contributed by atoms with E-state index in [1.165, 1.54) is 0 Å². The fraction of sp³-hybridized carbons (Fsp3) is 0.188. The van der Waals surface area contributed by atoms with Crippen LogP contribution in [0.4, 0.5) is 11.4 Å². The third kappa shape index (κ3) is 4.49. The van der Waals surface area contributed by atoms with Gasteiger partial charge in [0.25, 0.3) is 0 Å². The smallest absolute Gasteiger partial charge is 0.224 e. The highest BCUT2D eigenvalue weighted by atomic mass is 79.9. The molecule has 2 aromatic carbocycles. The maximum atomic E-state index is 12.0. The standard InChI is InChI=1S/C16H17BrN2O2/c1-21-15-7-6-12(17)10-14(15)19-16(20)8-5-11-3-2-4-13(18)9-11/h2-4,6-7,9-10H,5,8,18H2,1H3,(H,19,20). The van der Waals surface area contributed by atoms with Crippen molar-refractivity contribution < 1.29 is 9.53 Å². The molecular formula is C16H17BrN2O2. The molecule has 0 aliphatic carbocycles. The Labute approximate surface area is 132 Å². The zero-order chi connectivity index (χ0) is 15.2. The van der Waals surface area contributed by atoms with Gasteiger partial charge in [0.1, 0.15) is 5.75 Å². The van der Waals surface area contributed by atoms with Crippen molar-refractivity contribution in [1.29, 1.82) is 0 Å². The molecule has 0 heterocycles. The minimum atomic E-state index is -0.0613. The van der Waals surface area contributed by atoms with Crippen LogP contribution in [-0.2, 0) is 11.2 Å². The van der Waals surface area contributed by atoms with Crippen molar-refractivity contribution in [3.63, 3.8) is 0 Å². The molecule has 0 bridgehead atoms. The highest BCUT2D eigenvalue weighted by Crippen LogP contribution is 2.28. The minimum absolute atomic E-state index is 0.0613. The summed E-state index contributed by atoms with van der Waals surface area (Å²) >= 11 is 3.38. The average molecular weight is 349 g/mol. The topological polar surface area (TPSA) is 64.3 Å². The fourth-order valence-corrected chi connectivity index (χ4v) is 2.36. The van der Waals surface area contributed by atoms with Crippen molar-refractivity contribution in [3.8, 4) is 5.75 Å². The number of nitrogens with two attached hydrogens (primary N) is 1. The quantitative estimate of drug-likeness (QED) is 0.811. The summed E-state index contributed by atoms with van der Waals surface area (Å²) in [5.41, 5.74) is 8.14. The van der Waals surface area contributed by atoms with Crippen molar-refractivity contribution >= 4 is 33.2 Å². The van der Waals surface area contributed by atoms with Crippen LogP contribution in [0.2, 0.25) is 0 Å². The van der Waals surface area contributed by atoms with Crippen LogP contribution in [0.15, 0.2) is 46.9 Å². The average Bonchev–Trinajstić information content (AvgIpc) is 2.45. The Morgan fingerprint density at radius 3 is 2.81 bits per heavy atom.